The van der Waals surface area contributed by atoms with E-state index in [-0.39, 0.29) is 11.5 Å². The van der Waals surface area contributed by atoms with Crippen LogP contribution < -0.4 is 5.32 Å². The molecule has 0 spiro atoms. The smallest absolute Gasteiger partial charge is 0.335 e. The summed E-state index contributed by atoms with van der Waals surface area (Å²) < 4.78 is 0. The lowest BCUT2D eigenvalue weighted by atomic mass is 10.0. The third kappa shape index (κ3) is 2.81. The van der Waals surface area contributed by atoms with E-state index in [0.29, 0.717) is 21.7 Å². The van der Waals surface area contributed by atoms with Gasteiger partial charge in [-0.25, -0.2) is 4.79 Å². The zero-order chi connectivity index (χ0) is 14.7. The van der Waals surface area contributed by atoms with Crippen LogP contribution in [0.1, 0.15) is 20.7 Å². The second-order valence-corrected chi connectivity index (χ2v) is 4.57. The predicted octanol–water partition coefficient (Wildman–Crippen LogP) is 3.06. The molecule has 0 bridgehead atoms. The van der Waals surface area contributed by atoms with Gasteiger partial charge < -0.3 is 10.4 Å². The second-order valence-electron chi connectivity index (χ2n) is 4.16. The van der Waals surface area contributed by atoms with Crippen molar-refractivity contribution in [2.45, 2.75) is 0 Å². The molecule has 20 heavy (non-hydrogen) atoms. The molecule has 0 aliphatic carbocycles. The highest BCUT2D eigenvalue weighted by Crippen LogP contribution is 2.29. The summed E-state index contributed by atoms with van der Waals surface area (Å²) in [5.41, 5.74) is 1.91. The summed E-state index contributed by atoms with van der Waals surface area (Å²) in [5, 5.41) is 12.0. The minimum absolute atomic E-state index is 0.148. The van der Waals surface area contributed by atoms with Crippen LogP contribution in [0.3, 0.4) is 0 Å². The first-order valence-corrected chi connectivity index (χ1v) is 6.26. The maximum Gasteiger partial charge on any atom is 0.335 e. The molecule has 2 aromatic rings. The Morgan fingerprint density at radius 3 is 2.50 bits per heavy atom. The number of amides is 1. The van der Waals surface area contributed by atoms with Crippen LogP contribution in [0.25, 0.3) is 11.1 Å². The van der Waals surface area contributed by atoms with Crippen LogP contribution in [0.4, 0.5) is 0 Å². The third-order valence-electron chi connectivity index (χ3n) is 2.88. The van der Waals surface area contributed by atoms with E-state index in [1.165, 1.54) is 18.2 Å². The van der Waals surface area contributed by atoms with Crippen LogP contribution in [0.2, 0.25) is 5.02 Å². The van der Waals surface area contributed by atoms with E-state index < -0.39 is 5.97 Å². The van der Waals surface area contributed by atoms with E-state index >= 15 is 0 Å². The van der Waals surface area contributed by atoms with Gasteiger partial charge in [-0.2, -0.15) is 0 Å². The fourth-order valence-electron chi connectivity index (χ4n) is 1.85. The van der Waals surface area contributed by atoms with Crippen molar-refractivity contribution in [2.75, 3.05) is 7.05 Å². The van der Waals surface area contributed by atoms with Crippen LogP contribution in [0.5, 0.6) is 0 Å². The first kappa shape index (κ1) is 14.1. The minimum atomic E-state index is -1.02. The highest BCUT2D eigenvalue weighted by atomic mass is 35.5. The standard InChI is InChI=1S/C15H12ClNO3/c1-17-14(18)10-4-2-3-9(7-10)12-8-11(15(19)20)5-6-13(12)16/h2-8H,1H3,(H,17,18)(H,19,20). The van der Waals surface area contributed by atoms with Gasteiger partial charge >= 0.3 is 5.97 Å². The van der Waals surface area contributed by atoms with E-state index in [1.807, 2.05) is 0 Å². The van der Waals surface area contributed by atoms with Crippen molar-refractivity contribution in [3.05, 3.63) is 58.6 Å². The van der Waals surface area contributed by atoms with Gasteiger partial charge in [-0.3, -0.25) is 4.79 Å². The summed E-state index contributed by atoms with van der Waals surface area (Å²) in [6.45, 7) is 0. The molecule has 4 nitrogen and oxygen atoms in total. The van der Waals surface area contributed by atoms with Gasteiger partial charge in [0, 0.05) is 23.2 Å². The highest BCUT2D eigenvalue weighted by molar-refractivity contribution is 6.33. The largest absolute Gasteiger partial charge is 0.478 e. The van der Waals surface area contributed by atoms with E-state index in [0.717, 1.165) is 0 Å². The molecule has 5 heteroatoms. The summed E-state index contributed by atoms with van der Waals surface area (Å²) in [5.74, 6) is -1.23. The van der Waals surface area contributed by atoms with Crippen molar-refractivity contribution in [3.63, 3.8) is 0 Å². The van der Waals surface area contributed by atoms with Gasteiger partial charge in [-0.1, -0.05) is 23.7 Å². The zero-order valence-corrected chi connectivity index (χ0v) is 11.4. The summed E-state index contributed by atoms with van der Waals surface area (Å²) in [4.78, 5) is 22.6. The van der Waals surface area contributed by atoms with Gasteiger partial charge in [-0.15, -0.1) is 0 Å². The quantitative estimate of drug-likeness (QED) is 0.912. The van der Waals surface area contributed by atoms with E-state index in [4.69, 9.17) is 16.7 Å². The maximum absolute atomic E-state index is 11.6. The van der Waals surface area contributed by atoms with Gasteiger partial charge in [0.1, 0.15) is 0 Å². The molecule has 102 valence electrons. The van der Waals surface area contributed by atoms with Crippen molar-refractivity contribution in [2.24, 2.45) is 0 Å². The number of rotatable bonds is 3. The number of halogens is 1. The molecule has 0 radical (unpaired) electrons. The molecular weight excluding hydrogens is 278 g/mol. The van der Waals surface area contributed by atoms with Crippen LogP contribution in [-0.4, -0.2) is 24.0 Å². The first-order valence-electron chi connectivity index (χ1n) is 5.88. The summed E-state index contributed by atoms with van der Waals surface area (Å²) in [6.07, 6.45) is 0. The Morgan fingerprint density at radius 1 is 1.10 bits per heavy atom. The number of carboxylic acids is 1. The average Bonchev–Trinajstić information content (AvgIpc) is 2.46. The molecule has 1 amide bonds. The molecule has 0 aliphatic rings. The number of hydrogen-bond acceptors (Lipinski definition) is 2. The molecule has 2 aromatic carbocycles. The van der Waals surface area contributed by atoms with E-state index in [1.54, 1.807) is 31.3 Å². The van der Waals surface area contributed by atoms with Gasteiger partial charge in [0.25, 0.3) is 5.91 Å². The number of hydrogen-bond donors (Lipinski definition) is 2. The van der Waals surface area contributed by atoms with Crippen molar-refractivity contribution in [1.29, 1.82) is 0 Å². The molecule has 0 saturated carbocycles. The van der Waals surface area contributed by atoms with Crippen LogP contribution in [0.15, 0.2) is 42.5 Å². The Kier molecular flexibility index (Phi) is 4.05. The van der Waals surface area contributed by atoms with E-state index in [2.05, 4.69) is 5.32 Å². The molecule has 0 saturated heterocycles. The van der Waals surface area contributed by atoms with Crippen molar-refractivity contribution in [1.82, 2.24) is 5.32 Å². The second kappa shape index (κ2) is 5.75. The highest BCUT2D eigenvalue weighted by Gasteiger charge is 2.11. The molecule has 0 fully saturated rings. The SMILES string of the molecule is CNC(=O)c1cccc(-c2cc(C(=O)O)ccc2Cl)c1. The predicted molar refractivity (Wildman–Crippen MR) is 77.2 cm³/mol. The number of carbonyl (C=O) groups excluding carboxylic acids is 1. The molecule has 0 unspecified atom stereocenters. The number of carbonyl (C=O) groups is 2. The zero-order valence-electron chi connectivity index (χ0n) is 10.7. The summed E-state index contributed by atoms with van der Waals surface area (Å²) in [6, 6.07) is 11.3. The average molecular weight is 290 g/mol. The first-order chi connectivity index (χ1) is 9.52. The molecule has 0 heterocycles. The van der Waals surface area contributed by atoms with Gasteiger partial charge in [0.05, 0.1) is 5.56 Å². The van der Waals surface area contributed by atoms with Gasteiger partial charge in [0.15, 0.2) is 0 Å². The number of carboxylic acid groups (broad SMARTS) is 1. The molecule has 2 N–H and O–H groups in total. The van der Waals surface area contributed by atoms with E-state index in [9.17, 15) is 9.59 Å². The van der Waals surface area contributed by atoms with Crippen LogP contribution in [-0.2, 0) is 0 Å². The Labute approximate surface area is 121 Å². The molecular formula is C15H12ClNO3. The van der Waals surface area contributed by atoms with Crippen LogP contribution >= 0.6 is 11.6 Å². The lowest BCUT2D eigenvalue weighted by molar-refractivity contribution is 0.0696. The molecule has 2 rings (SSSR count). The van der Waals surface area contributed by atoms with Crippen LogP contribution in [0, 0.1) is 0 Å². The third-order valence-corrected chi connectivity index (χ3v) is 3.21. The molecule has 0 aliphatic heterocycles. The van der Waals surface area contributed by atoms with Crippen molar-refractivity contribution < 1.29 is 14.7 Å². The fraction of sp³-hybridized carbons (Fsp3) is 0.0667. The fourth-order valence-corrected chi connectivity index (χ4v) is 2.08. The molecule has 0 atom stereocenters. The van der Waals surface area contributed by atoms with Gasteiger partial charge in [-0.05, 0) is 35.9 Å². The number of aromatic carboxylic acids is 1. The number of nitrogens with one attached hydrogen (secondary N) is 1. The number of benzene rings is 2. The van der Waals surface area contributed by atoms with Crippen molar-refractivity contribution >= 4 is 23.5 Å². The summed E-state index contributed by atoms with van der Waals surface area (Å²) >= 11 is 6.11. The maximum atomic E-state index is 11.6. The monoisotopic (exact) mass is 289 g/mol. The Hall–Kier alpha value is -2.33. The topological polar surface area (TPSA) is 66.4 Å². The Bertz CT molecular complexity index is 683. The Morgan fingerprint density at radius 2 is 1.85 bits per heavy atom. The molecule has 0 aromatic heterocycles. The normalized spacial score (nSPS) is 10.1. The summed E-state index contributed by atoms with van der Waals surface area (Å²) in [7, 11) is 1.55. The van der Waals surface area contributed by atoms with Crippen molar-refractivity contribution in [3.8, 4) is 11.1 Å². The minimum Gasteiger partial charge on any atom is -0.478 e. The lowest BCUT2D eigenvalue weighted by Crippen LogP contribution is -2.17. The Balaban J connectivity index is 2.53. The van der Waals surface area contributed by atoms with Gasteiger partial charge in [0.2, 0.25) is 0 Å². The lowest BCUT2D eigenvalue weighted by Gasteiger charge is -2.08.